The molecule has 0 atom stereocenters. The highest BCUT2D eigenvalue weighted by Crippen LogP contribution is 2.36. The van der Waals surface area contributed by atoms with Crippen molar-refractivity contribution < 1.29 is 13.2 Å². The van der Waals surface area contributed by atoms with Gasteiger partial charge in [0.05, 0.1) is 10.0 Å². The normalized spacial score (nSPS) is 11.5. The maximum atomic E-state index is 12.9. The highest BCUT2D eigenvalue weighted by molar-refractivity contribution is 9.10. The Morgan fingerprint density at radius 3 is 2.71 bits per heavy atom. The highest BCUT2D eigenvalue weighted by atomic mass is 79.9. The number of nitrogens with zero attached hydrogens (tertiary/aromatic N) is 2. The van der Waals surface area contributed by atoms with Crippen LogP contribution in [0.15, 0.2) is 45.0 Å². The van der Waals surface area contributed by atoms with E-state index in [0.717, 1.165) is 23.9 Å². The van der Waals surface area contributed by atoms with Crippen LogP contribution in [0.25, 0.3) is 0 Å². The van der Waals surface area contributed by atoms with Gasteiger partial charge in [-0.2, -0.15) is 13.2 Å². The van der Waals surface area contributed by atoms with E-state index < -0.39 is 11.7 Å². The van der Waals surface area contributed by atoms with E-state index in [1.807, 2.05) is 0 Å². The Hall–Kier alpha value is -1.28. The third-order valence-electron chi connectivity index (χ3n) is 2.41. The first kappa shape index (κ1) is 16.1. The van der Waals surface area contributed by atoms with Crippen LogP contribution in [0.3, 0.4) is 0 Å². The summed E-state index contributed by atoms with van der Waals surface area (Å²) in [6, 6.07) is 5.53. The Labute approximate surface area is 132 Å². The summed E-state index contributed by atoms with van der Waals surface area (Å²) in [7, 11) is 0. The van der Waals surface area contributed by atoms with Crippen molar-refractivity contribution in [2.45, 2.75) is 23.2 Å². The third kappa shape index (κ3) is 4.34. The van der Waals surface area contributed by atoms with Crippen LogP contribution in [0, 0.1) is 0 Å². The molecular weight excluding hydrogens is 367 g/mol. The van der Waals surface area contributed by atoms with E-state index in [2.05, 4.69) is 31.2 Å². The third-order valence-corrected chi connectivity index (χ3v) is 4.25. The fraction of sp³-hybridized carbons (Fsp3) is 0.231. The minimum absolute atomic E-state index is 0.196. The van der Waals surface area contributed by atoms with Gasteiger partial charge < -0.3 is 5.32 Å². The van der Waals surface area contributed by atoms with Gasteiger partial charge in [-0.1, -0.05) is 0 Å². The van der Waals surface area contributed by atoms with Crippen molar-refractivity contribution in [3.8, 4) is 0 Å². The Kier molecular flexibility index (Phi) is 5.10. The number of alkyl halides is 3. The summed E-state index contributed by atoms with van der Waals surface area (Å²) in [6.45, 7) is 2.29. The van der Waals surface area contributed by atoms with Crippen LogP contribution < -0.4 is 5.32 Å². The molecule has 21 heavy (non-hydrogen) atoms. The second-order valence-electron chi connectivity index (χ2n) is 4.00. The van der Waals surface area contributed by atoms with E-state index in [0.29, 0.717) is 16.0 Å². The molecule has 0 amide bonds. The fourth-order valence-electron chi connectivity index (χ4n) is 1.54. The molecule has 0 fully saturated rings. The molecule has 2 rings (SSSR count). The number of hydrogen-bond donors (Lipinski definition) is 1. The molecule has 0 bridgehead atoms. The monoisotopic (exact) mass is 377 g/mol. The molecule has 0 aliphatic carbocycles. The Morgan fingerprint density at radius 1 is 1.33 bits per heavy atom. The van der Waals surface area contributed by atoms with Gasteiger partial charge in [0.25, 0.3) is 0 Å². The van der Waals surface area contributed by atoms with Crippen molar-refractivity contribution in [3.63, 3.8) is 0 Å². The molecule has 0 saturated heterocycles. The van der Waals surface area contributed by atoms with E-state index in [-0.39, 0.29) is 10.8 Å². The molecule has 3 nitrogen and oxygen atoms in total. The van der Waals surface area contributed by atoms with Crippen molar-refractivity contribution in [2.75, 3.05) is 11.9 Å². The average Bonchev–Trinajstić information content (AvgIpc) is 2.41. The van der Waals surface area contributed by atoms with Gasteiger partial charge in [0, 0.05) is 12.7 Å². The number of pyridine rings is 2. The number of aromatic nitrogens is 2. The quantitative estimate of drug-likeness (QED) is 0.826. The van der Waals surface area contributed by atoms with Crippen LogP contribution in [0.2, 0.25) is 0 Å². The van der Waals surface area contributed by atoms with Gasteiger partial charge in [-0.25, -0.2) is 9.97 Å². The van der Waals surface area contributed by atoms with E-state index in [4.69, 9.17) is 0 Å². The summed E-state index contributed by atoms with van der Waals surface area (Å²) in [5.41, 5.74) is -0.733. The Bertz CT molecular complexity index is 634. The predicted octanol–water partition coefficient (Wildman–Crippen LogP) is 4.84. The number of anilines is 1. The van der Waals surface area contributed by atoms with Crippen LogP contribution in [-0.2, 0) is 6.18 Å². The maximum Gasteiger partial charge on any atom is 0.416 e. The molecule has 0 spiro atoms. The van der Waals surface area contributed by atoms with Crippen molar-refractivity contribution in [1.29, 1.82) is 0 Å². The molecule has 0 radical (unpaired) electrons. The number of halogens is 4. The summed E-state index contributed by atoms with van der Waals surface area (Å²) in [6.07, 6.45) is -2.84. The lowest BCUT2D eigenvalue weighted by Crippen LogP contribution is -2.08. The summed E-state index contributed by atoms with van der Waals surface area (Å²) < 4.78 is 39.5. The smallest absolute Gasteiger partial charge is 0.370 e. The standard InChI is InChI=1S/C13H11BrF3N3S/c1-2-18-10-6-8(13(15,16)17)7-11(20-10)21-12-9(14)4-3-5-19-12/h3-7H,2H2,1H3,(H,18,20). The first-order valence-electron chi connectivity index (χ1n) is 6.01. The molecular formula is C13H11BrF3N3S. The molecule has 0 aliphatic rings. The number of nitrogens with one attached hydrogen (secondary N) is 1. The van der Waals surface area contributed by atoms with Crippen molar-refractivity contribution in [1.82, 2.24) is 9.97 Å². The van der Waals surface area contributed by atoms with Crippen LogP contribution in [0.1, 0.15) is 12.5 Å². The zero-order valence-corrected chi connectivity index (χ0v) is 13.3. The van der Waals surface area contributed by atoms with Crippen molar-refractivity contribution in [3.05, 3.63) is 40.5 Å². The lowest BCUT2D eigenvalue weighted by Gasteiger charge is -2.12. The molecule has 112 valence electrons. The topological polar surface area (TPSA) is 37.8 Å². The highest BCUT2D eigenvalue weighted by Gasteiger charge is 2.31. The average molecular weight is 378 g/mol. The van der Waals surface area contributed by atoms with E-state index in [1.165, 1.54) is 0 Å². The summed E-state index contributed by atoms with van der Waals surface area (Å²) in [5.74, 6) is 0.196. The molecule has 2 aromatic rings. The molecule has 0 aliphatic heterocycles. The summed E-state index contributed by atoms with van der Waals surface area (Å²) in [4.78, 5) is 8.28. The lowest BCUT2D eigenvalue weighted by molar-refractivity contribution is -0.137. The SMILES string of the molecule is CCNc1cc(C(F)(F)F)cc(Sc2ncccc2Br)n1. The summed E-state index contributed by atoms with van der Waals surface area (Å²) in [5, 5.41) is 3.60. The second-order valence-corrected chi connectivity index (χ2v) is 5.86. The zero-order chi connectivity index (χ0) is 15.5. The molecule has 0 saturated carbocycles. The minimum atomic E-state index is -4.41. The maximum absolute atomic E-state index is 12.9. The number of rotatable bonds is 4. The molecule has 0 unspecified atom stereocenters. The van der Waals surface area contributed by atoms with Gasteiger partial charge in [-0.3, -0.25) is 0 Å². The zero-order valence-electron chi connectivity index (χ0n) is 10.9. The molecule has 2 heterocycles. The van der Waals surface area contributed by atoms with E-state index >= 15 is 0 Å². The molecule has 2 aromatic heterocycles. The van der Waals surface area contributed by atoms with Crippen LogP contribution in [0.5, 0.6) is 0 Å². The van der Waals surface area contributed by atoms with Gasteiger partial charge >= 0.3 is 6.18 Å². The van der Waals surface area contributed by atoms with Gasteiger partial charge in [0.2, 0.25) is 0 Å². The first-order valence-corrected chi connectivity index (χ1v) is 7.62. The fourth-order valence-corrected chi connectivity index (χ4v) is 2.84. The Morgan fingerprint density at radius 2 is 2.10 bits per heavy atom. The second kappa shape index (κ2) is 6.65. The lowest BCUT2D eigenvalue weighted by atomic mass is 10.2. The molecule has 8 heteroatoms. The first-order chi connectivity index (χ1) is 9.90. The molecule has 0 aromatic carbocycles. The van der Waals surface area contributed by atoms with Crippen LogP contribution in [-0.4, -0.2) is 16.5 Å². The van der Waals surface area contributed by atoms with Gasteiger partial charge in [-0.05, 0) is 58.9 Å². The van der Waals surface area contributed by atoms with Crippen LogP contribution >= 0.6 is 27.7 Å². The van der Waals surface area contributed by atoms with E-state index in [1.54, 1.807) is 25.3 Å². The minimum Gasteiger partial charge on any atom is -0.370 e. The van der Waals surface area contributed by atoms with Crippen molar-refractivity contribution in [2.24, 2.45) is 0 Å². The van der Waals surface area contributed by atoms with Gasteiger partial charge in [0.1, 0.15) is 15.9 Å². The summed E-state index contributed by atoms with van der Waals surface area (Å²) >= 11 is 4.39. The van der Waals surface area contributed by atoms with Gasteiger partial charge in [-0.15, -0.1) is 0 Å². The van der Waals surface area contributed by atoms with Crippen molar-refractivity contribution >= 4 is 33.5 Å². The van der Waals surface area contributed by atoms with E-state index in [9.17, 15) is 13.2 Å². The largest absolute Gasteiger partial charge is 0.416 e. The predicted molar refractivity (Wildman–Crippen MR) is 79.5 cm³/mol. The number of hydrogen-bond acceptors (Lipinski definition) is 4. The Balaban J connectivity index is 2.38. The van der Waals surface area contributed by atoms with Gasteiger partial charge in [0.15, 0.2) is 0 Å². The molecule has 1 N–H and O–H groups in total. The van der Waals surface area contributed by atoms with Crippen LogP contribution in [0.4, 0.5) is 19.0 Å².